The van der Waals surface area contributed by atoms with Gasteiger partial charge in [-0.15, -0.1) is 0 Å². The second-order valence-corrected chi connectivity index (χ2v) is 6.64. The van der Waals surface area contributed by atoms with E-state index < -0.39 is 15.8 Å². The Balaban J connectivity index is 2.33. The molecular weight excluding hydrogens is 357 g/mol. The number of halogens is 3. The summed E-state index contributed by atoms with van der Waals surface area (Å²) in [4.78, 5) is -0.147. The number of sulfonamides is 1. The first-order valence-corrected chi connectivity index (χ1v) is 7.77. The lowest BCUT2D eigenvalue weighted by Crippen LogP contribution is -2.13. The summed E-state index contributed by atoms with van der Waals surface area (Å²) in [5.74, 6) is -0.614. The summed E-state index contributed by atoms with van der Waals surface area (Å²) in [6.07, 6.45) is 0. The molecule has 0 unspecified atom stereocenters. The van der Waals surface area contributed by atoms with Gasteiger partial charge in [-0.1, -0.05) is 17.7 Å². The Morgan fingerprint density at radius 3 is 2.53 bits per heavy atom. The summed E-state index contributed by atoms with van der Waals surface area (Å²) < 4.78 is 40.1. The van der Waals surface area contributed by atoms with E-state index in [1.165, 1.54) is 24.3 Å². The van der Waals surface area contributed by atoms with Crippen LogP contribution in [0.5, 0.6) is 0 Å². The van der Waals surface area contributed by atoms with Gasteiger partial charge in [-0.3, -0.25) is 4.72 Å². The zero-order valence-electron chi connectivity index (χ0n) is 9.40. The Bertz CT molecular complexity index is 721. The van der Waals surface area contributed by atoms with Crippen molar-refractivity contribution >= 4 is 43.2 Å². The summed E-state index contributed by atoms with van der Waals surface area (Å²) in [6, 6.07) is 9.39. The first-order chi connectivity index (χ1) is 8.88. The first-order valence-electron chi connectivity index (χ1n) is 5.12. The second-order valence-electron chi connectivity index (χ2n) is 3.69. The minimum absolute atomic E-state index is 0.147. The van der Waals surface area contributed by atoms with Gasteiger partial charge < -0.3 is 0 Å². The molecule has 0 aliphatic heterocycles. The molecule has 0 saturated heterocycles. The van der Waals surface area contributed by atoms with Crippen LogP contribution in [0, 0.1) is 5.82 Å². The summed E-state index contributed by atoms with van der Waals surface area (Å²) in [7, 11) is -3.83. The monoisotopic (exact) mass is 363 g/mol. The molecule has 3 nitrogen and oxygen atoms in total. The molecule has 2 aromatic carbocycles. The second kappa shape index (κ2) is 5.48. The minimum Gasteiger partial charge on any atom is -0.280 e. The van der Waals surface area contributed by atoms with Crippen molar-refractivity contribution in [3.05, 3.63) is 57.8 Å². The molecule has 0 aromatic heterocycles. The fraction of sp³-hybridized carbons (Fsp3) is 0. The maximum atomic E-state index is 13.0. The van der Waals surface area contributed by atoms with Crippen LogP contribution in [0.3, 0.4) is 0 Å². The van der Waals surface area contributed by atoms with E-state index in [0.717, 1.165) is 6.07 Å². The zero-order valence-corrected chi connectivity index (χ0v) is 12.6. The molecule has 0 aliphatic carbocycles. The topological polar surface area (TPSA) is 46.2 Å². The van der Waals surface area contributed by atoms with Crippen molar-refractivity contribution in [1.29, 1.82) is 0 Å². The number of nitrogens with one attached hydrogen (secondary N) is 1. The van der Waals surface area contributed by atoms with E-state index in [-0.39, 0.29) is 4.90 Å². The van der Waals surface area contributed by atoms with Crippen molar-refractivity contribution in [1.82, 2.24) is 0 Å². The zero-order chi connectivity index (χ0) is 14.0. The van der Waals surface area contributed by atoms with E-state index in [1.54, 1.807) is 12.1 Å². The van der Waals surface area contributed by atoms with Gasteiger partial charge in [0.2, 0.25) is 0 Å². The van der Waals surface area contributed by atoms with Gasteiger partial charge in [0.25, 0.3) is 10.0 Å². The minimum atomic E-state index is -3.83. The van der Waals surface area contributed by atoms with Crippen LogP contribution in [0.2, 0.25) is 5.02 Å². The van der Waals surface area contributed by atoms with Crippen molar-refractivity contribution in [2.24, 2.45) is 0 Å². The summed E-state index contributed by atoms with van der Waals surface area (Å²) in [5, 5.41) is 0.374. The molecule has 0 atom stereocenters. The van der Waals surface area contributed by atoms with Gasteiger partial charge in [0.1, 0.15) is 5.82 Å². The van der Waals surface area contributed by atoms with Crippen LogP contribution < -0.4 is 4.72 Å². The van der Waals surface area contributed by atoms with Gasteiger partial charge in [-0.05, 0) is 52.3 Å². The highest BCUT2D eigenvalue weighted by atomic mass is 79.9. The quantitative estimate of drug-likeness (QED) is 0.893. The maximum absolute atomic E-state index is 13.0. The lowest BCUT2D eigenvalue weighted by molar-refractivity contribution is 0.595. The van der Waals surface area contributed by atoms with Crippen molar-refractivity contribution in [3.63, 3.8) is 0 Å². The predicted molar refractivity (Wildman–Crippen MR) is 76.4 cm³/mol. The summed E-state index contributed by atoms with van der Waals surface area (Å²) >= 11 is 9.08. The van der Waals surface area contributed by atoms with E-state index >= 15 is 0 Å². The molecule has 7 heteroatoms. The van der Waals surface area contributed by atoms with Gasteiger partial charge in [0, 0.05) is 4.47 Å². The fourth-order valence-corrected chi connectivity index (χ4v) is 2.92. The first kappa shape index (κ1) is 14.3. The standard InChI is InChI=1S/C12H8BrClFNO2S/c13-11-5-4-9(7-12(11)14)16-19(17,18)10-3-1-2-8(15)6-10/h1-7,16H. The third-order valence-electron chi connectivity index (χ3n) is 2.28. The third kappa shape index (κ3) is 3.46. The fourth-order valence-electron chi connectivity index (χ4n) is 1.41. The normalized spacial score (nSPS) is 11.3. The molecule has 0 spiro atoms. The van der Waals surface area contributed by atoms with Crippen molar-refractivity contribution < 1.29 is 12.8 Å². The highest BCUT2D eigenvalue weighted by Crippen LogP contribution is 2.26. The summed E-state index contributed by atoms with van der Waals surface area (Å²) in [6.45, 7) is 0. The van der Waals surface area contributed by atoms with E-state index in [9.17, 15) is 12.8 Å². The predicted octanol–water partition coefficient (Wildman–Crippen LogP) is 4.04. The van der Waals surface area contributed by atoms with Gasteiger partial charge in [-0.2, -0.15) is 0 Å². The Labute approximate surface area is 123 Å². The van der Waals surface area contributed by atoms with Crippen molar-refractivity contribution in [3.8, 4) is 0 Å². The van der Waals surface area contributed by atoms with Gasteiger partial charge in [0.15, 0.2) is 0 Å². The van der Waals surface area contributed by atoms with Crippen LogP contribution in [0.25, 0.3) is 0 Å². The number of hydrogen-bond acceptors (Lipinski definition) is 2. The van der Waals surface area contributed by atoms with Crippen molar-refractivity contribution in [2.75, 3.05) is 4.72 Å². The van der Waals surface area contributed by atoms with Crippen molar-refractivity contribution in [2.45, 2.75) is 4.90 Å². The smallest absolute Gasteiger partial charge is 0.261 e. The van der Waals surface area contributed by atoms with Crippen LogP contribution in [0.1, 0.15) is 0 Å². The molecule has 0 fully saturated rings. The molecule has 19 heavy (non-hydrogen) atoms. The average Bonchev–Trinajstić information content (AvgIpc) is 2.33. The summed E-state index contributed by atoms with van der Waals surface area (Å²) in [5.41, 5.74) is 0.303. The molecule has 0 heterocycles. The van der Waals surface area contributed by atoms with E-state index in [0.29, 0.717) is 15.2 Å². The molecule has 0 aliphatic rings. The number of hydrogen-bond donors (Lipinski definition) is 1. The molecule has 1 N–H and O–H groups in total. The Morgan fingerprint density at radius 1 is 1.16 bits per heavy atom. The van der Waals surface area contributed by atoms with Gasteiger partial charge in [0.05, 0.1) is 15.6 Å². The third-order valence-corrected chi connectivity index (χ3v) is 4.89. The van der Waals surface area contributed by atoms with E-state index in [1.807, 2.05) is 0 Å². The van der Waals surface area contributed by atoms with E-state index in [4.69, 9.17) is 11.6 Å². The van der Waals surface area contributed by atoms with Crippen LogP contribution in [-0.4, -0.2) is 8.42 Å². The van der Waals surface area contributed by atoms with Gasteiger partial charge in [-0.25, -0.2) is 12.8 Å². The number of benzene rings is 2. The lowest BCUT2D eigenvalue weighted by atomic mass is 10.3. The number of anilines is 1. The lowest BCUT2D eigenvalue weighted by Gasteiger charge is -2.09. The molecule has 0 bridgehead atoms. The molecule has 0 radical (unpaired) electrons. The molecule has 100 valence electrons. The van der Waals surface area contributed by atoms with Gasteiger partial charge >= 0.3 is 0 Å². The highest BCUT2D eigenvalue weighted by Gasteiger charge is 2.15. The van der Waals surface area contributed by atoms with E-state index in [2.05, 4.69) is 20.7 Å². The molecule has 2 rings (SSSR count). The Kier molecular flexibility index (Phi) is 4.13. The van der Waals surface area contributed by atoms with Crippen LogP contribution >= 0.6 is 27.5 Å². The van der Waals surface area contributed by atoms with Crippen LogP contribution in [-0.2, 0) is 10.0 Å². The Morgan fingerprint density at radius 2 is 1.89 bits per heavy atom. The largest absolute Gasteiger partial charge is 0.280 e. The average molecular weight is 365 g/mol. The highest BCUT2D eigenvalue weighted by molar-refractivity contribution is 9.10. The van der Waals surface area contributed by atoms with Crippen LogP contribution in [0.4, 0.5) is 10.1 Å². The molecular formula is C12H8BrClFNO2S. The van der Waals surface area contributed by atoms with Crippen LogP contribution in [0.15, 0.2) is 51.8 Å². The SMILES string of the molecule is O=S(=O)(Nc1ccc(Br)c(Cl)c1)c1cccc(F)c1. The molecule has 2 aromatic rings. The number of rotatable bonds is 3. The molecule has 0 amide bonds. The Hall–Kier alpha value is -1.11. The maximum Gasteiger partial charge on any atom is 0.261 e. The molecule has 0 saturated carbocycles.